The predicted molar refractivity (Wildman–Crippen MR) is 102 cm³/mol. The van der Waals surface area contributed by atoms with Crippen molar-refractivity contribution in [3.05, 3.63) is 72.3 Å². The van der Waals surface area contributed by atoms with Gasteiger partial charge < -0.3 is 9.32 Å². The fourth-order valence-electron chi connectivity index (χ4n) is 3.44. The van der Waals surface area contributed by atoms with E-state index >= 15 is 0 Å². The van der Waals surface area contributed by atoms with E-state index in [-0.39, 0.29) is 0 Å². The maximum atomic E-state index is 6.23. The van der Waals surface area contributed by atoms with Gasteiger partial charge in [-0.3, -0.25) is 0 Å². The Labute approximate surface area is 142 Å². The van der Waals surface area contributed by atoms with Crippen LogP contribution in [0.4, 0.5) is 11.4 Å². The van der Waals surface area contributed by atoms with Crippen LogP contribution in [0.2, 0.25) is 0 Å². The summed E-state index contributed by atoms with van der Waals surface area (Å²) in [7, 11) is 0. The summed E-state index contributed by atoms with van der Waals surface area (Å²) in [6.07, 6.45) is 0. The molecule has 1 aromatic heterocycles. The molecule has 0 aliphatic carbocycles. The lowest BCUT2D eigenvalue weighted by molar-refractivity contribution is 0.664. The molecule has 24 heavy (non-hydrogen) atoms. The molecule has 0 saturated carbocycles. The zero-order chi connectivity index (χ0) is 16.7. The van der Waals surface area contributed by atoms with Gasteiger partial charge in [-0.2, -0.15) is 0 Å². The van der Waals surface area contributed by atoms with Crippen LogP contribution in [0.15, 0.2) is 71.1 Å². The summed E-state index contributed by atoms with van der Waals surface area (Å²) in [5.74, 6) is 0. The van der Waals surface area contributed by atoms with Gasteiger partial charge in [-0.1, -0.05) is 48.5 Å². The molecule has 0 saturated heterocycles. The molecule has 0 atom stereocenters. The highest BCUT2D eigenvalue weighted by Gasteiger charge is 2.20. The molecule has 4 aromatic rings. The first-order valence-electron chi connectivity index (χ1n) is 8.42. The van der Waals surface area contributed by atoms with E-state index in [0.717, 1.165) is 16.9 Å². The van der Waals surface area contributed by atoms with E-state index in [9.17, 15) is 0 Å². The van der Waals surface area contributed by atoms with Crippen LogP contribution in [0.25, 0.3) is 21.9 Å². The van der Waals surface area contributed by atoms with Crippen LogP contribution < -0.4 is 4.90 Å². The number of hydrogen-bond acceptors (Lipinski definition) is 2. The first-order chi connectivity index (χ1) is 11.7. The maximum absolute atomic E-state index is 6.23. The highest BCUT2D eigenvalue weighted by Crippen LogP contribution is 2.39. The highest BCUT2D eigenvalue weighted by atomic mass is 16.3. The van der Waals surface area contributed by atoms with E-state index in [1.54, 1.807) is 0 Å². The zero-order valence-electron chi connectivity index (χ0n) is 14.3. The van der Waals surface area contributed by atoms with E-state index in [1.807, 2.05) is 12.1 Å². The van der Waals surface area contributed by atoms with Crippen LogP contribution in [0, 0.1) is 6.92 Å². The number of anilines is 2. The van der Waals surface area contributed by atoms with Crippen molar-refractivity contribution in [1.29, 1.82) is 0 Å². The fraction of sp³-hybridized carbons (Fsp3) is 0.182. The van der Waals surface area contributed by atoms with Crippen molar-refractivity contribution in [2.24, 2.45) is 0 Å². The summed E-state index contributed by atoms with van der Waals surface area (Å²) >= 11 is 0. The van der Waals surface area contributed by atoms with Gasteiger partial charge in [0.1, 0.15) is 5.58 Å². The van der Waals surface area contributed by atoms with Crippen molar-refractivity contribution in [3.8, 4) is 0 Å². The lowest BCUT2D eigenvalue weighted by atomic mass is 10.1. The molecule has 0 aliphatic rings. The van der Waals surface area contributed by atoms with Gasteiger partial charge in [0.25, 0.3) is 0 Å². The topological polar surface area (TPSA) is 16.4 Å². The molecule has 0 bridgehead atoms. The van der Waals surface area contributed by atoms with Crippen LogP contribution in [0.3, 0.4) is 0 Å². The standard InChI is InChI=1S/C22H21NO/c1-15(2)23(19-12-6-4-9-16(19)3)20-13-8-11-18-17-10-5-7-14-21(17)24-22(18)20/h4-15H,1-3H3. The number of rotatable bonds is 3. The highest BCUT2D eigenvalue weighted by molar-refractivity contribution is 6.09. The monoisotopic (exact) mass is 315 g/mol. The molecule has 0 amide bonds. The molecule has 0 fully saturated rings. The second-order valence-electron chi connectivity index (χ2n) is 6.50. The average molecular weight is 315 g/mol. The van der Waals surface area contributed by atoms with Gasteiger partial charge in [0.05, 0.1) is 5.69 Å². The second-order valence-corrected chi connectivity index (χ2v) is 6.50. The Balaban J connectivity index is 2.01. The van der Waals surface area contributed by atoms with Crippen molar-refractivity contribution < 1.29 is 4.42 Å². The van der Waals surface area contributed by atoms with Gasteiger partial charge in [-0.05, 0) is 44.5 Å². The van der Waals surface area contributed by atoms with Gasteiger partial charge in [0.2, 0.25) is 0 Å². The summed E-state index contributed by atoms with van der Waals surface area (Å²) in [6.45, 7) is 6.59. The van der Waals surface area contributed by atoms with Gasteiger partial charge in [-0.25, -0.2) is 0 Å². The van der Waals surface area contributed by atoms with E-state index in [1.165, 1.54) is 22.0 Å². The normalized spacial score (nSPS) is 11.5. The summed E-state index contributed by atoms with van der Waals surface area (Å²) in [4.78, 5) is 2.36. The Hall–Kier alpha value is -2.74. The van der Waals surface area contributed by atoms with Crippen LogP contribution >= 0.6 is 0 Å². The Bertz CT molecular complexity index is 1010. The van der Waals surface area contributed by atoms with Crippen LogP contribution in [0.5, 0.6) is 0 Å². The molecular formula is C22H21NO. The van der Waals surface area contributed by atoms with E-state index in [0.29, 0.717) is 6.04 Å². The van der Waals surface area contributed by atoms with Crippen molar-refractivity contribution in [1.82, 2.24) is 0 Å². The number of nitrogens with zero attached hydrogens (tertiary/aromatic N) is 1. The number of benzene rings is 3. The smallest absolute Gasteiger partial charge is 0.159 e. The van der Waals surface area contributed by atoms with Gasteiger partial charge >= 0.3 is 0 Å². The molecule has 4 rings (SSSR count). The zero-order valence-corrected chi connectivity index (χ0v) is 14.3. The number of fused-ring (bicyclic) bond motifs is 3. The molecule has 0 unspecified atom stereocenters. The molecule has 0 aliphatic heterocycles. The number of aryl methyl sites for hydroxylation is 1. The van der Waals surface area contributed by atoms with Gasteiger partial charge in [0, 0.05) is 22.5 Å². The minimum Gasteiger partial charge on any atom is -0.454 e. The average Bonchev–Trinajstić information content (AvgIpc) is 2.96. The summed E-state index contributed by atoms with van der Waals surface area (Å²) in [5.41, 5.74) is 5.50. The molecule has 2 nitrogen and oxygen atoms in total. The first-order valence-corrected chi connectivity index (χ1v) is 8.42. The Morgan fingerprint density at radius 1 is 0.750 bits per heavy atom. The largest absolute Gasteiger partial charge is 0.454 e. The van der Waals surface area contributed by atoms with E-state index in [2.05, 4.69) is 80.3 Å². The van der Waals surface area contributed by atoms with Crippen LogP contribution in [-0.2, 0) is 0 Å². The molecule has 1 heterocycles. The van der Waals surface area contributed by atoms with Crippen LogP contribution in [-0.4, -0.2) is 6.04 Å². The molecule has 120 valence electrons. The number of para-hydroxylation sites is 3. The second kappa shape index (κ2) is 5.72. The van der Waals surface area contributed by atoms with Gasteiger partial charge in [-0.15, -0.1) is 0 Å². The third-order valence-corrected chi connectivity index (χ3v) is 4.53. The number of hydrogen-bond donors (Lipinski definition) is 0. The number of furan rings is 1. The molecule has 0 N–H and O–H groups in total. The van der Waals surface area contributed by atoms with Crippen molar-refractivity contribution in [2.75, 3.05) is 4.90 Å². The fourth-order valence-corrected chi connectivity index (χ4v) is 3.44. The quantitative estimate of drug-likeness (QED) is 0.432. The van der Waals surface area contributed by atoms with Gasteiger partial charge in [0.15, 0.2) is 5.58 Å². The van der Waals surface area contributed by atoms with Crippen molar-refractivity contribution >= 4 is 33.3 Å². The van der Waals surface area contributed by atoms with E-state index < -0.39 is 0 Å². The third kappa shape index (κ3) is 2.26. The Kier molecular flexibility index (Phi) is 3.53. The van der Waals surface area contributed by atoms with Crippen molar-refractivity contribution in [3.63, 3.8) is 0 Å². The maximum Gasteiger partial charge on any atom is 0.159 e. The minimum absolute atomic E-state index is 0.324. The van der Waals surface area contributed by atoms with Crippen molar-refractivity contribution in [2.45, 2.75) is 26.8 Å². The predicted octanol–water partition coefficient (Wildman–Crippen LogP) is 6.44. The lowest BCUT2D eigenvalue weighted by Gasteiger charge is -2.30. The minimum atomic E-state index is 0.324. The molecule has 3 aromatic carbocycles. The Morgan fingerprint density at radius 3 is 2.21 bits per heavy atom. The summed E-state index contributed by atoms with van der Waals surface area (Å²) in [6, 6.07) is 23.5. The summed E-state index contributed by atoms with van der Waals surface area (Å²) < 4.78 is 6.23. The SMILES string of the molecule is Cc1ccccc1N(c1cccc2c1oc1ccccc12)C(C)C. The molecule has 0 radical (unpaired) electrons. The first kappa shape index (κ1) is 14.8. The molecular weight excluding hydrogens is 294 g/mol. The van der Waals surface area contributed by atoms with Crippen LogP contribution in [0.1, 0.15) is 19.4 Å². The summed E-state index contributed by atoms with van der Waals surface area (Å²) in [5, 5.41) is 2.34. The van der Waals surface area contributed by atoms with E-state index in [4.69, 9.17) is 4.42 Å². The lowest BCUT2D eigenvalue weighted by Crippen LogP contribution is -2.26. The Morgan fingerprint density at radius 2 is 1.42 bits per heavy atom. The third-order valence-electron chi connectivity index (χ3n) is 4.53. The molecule has 2 heteroatoms. The molecule has 0 spiro atoms.